The third kappa shape index (κ3) is 2.86. The van der Waals surface area contributed by atoms with Crippen LogP contribution in [-0.4, -0.2) is 29.8 Å². The number of hydrogen-bond acceptors (Lipinski definition) is 3. The SMILES string of the molecule is CC1NC(C(=O)O)COC1c1cccc(Br)c1. The summed E-state index contributed by atoms with van der Waals surface area (Å²) in [7, 11) is 0. The van der Waals surface area contributed by atoms with Crippen LogP contribution in [0.2, 0.25) is 0 Å². The topological polar surface area (TPSA) is 58.6 Å². The number of morpholine rings is 1. The summed E-state index contributed by atoms with van der Waals surface area (Å²) in [6, 6.07) is 7.22. The summed E-state index contributed by atoms with van der Waals surface area (Å²) in [5.41, 5.74) is 1.04. The quantitative estimate of drug-likeness (QED) is 0.876. The van der Waals surface area contributed by atoms with Crippen LogP contribution in [0.15, 0.2) is 28.7 Å². The van der Waals surface area contributed by atoms with Crippen LogP contribution in [0, 0.1) is 0 Å². The lowest BCUT2D eigenvalue weighted by atomic mass is 10.0. The average molecular weight is 300 g/mol. The van der Waals surface area contributed by atoms with Gasteiger partial charge in [0.15, 0.2) is 0 Å². The molecule has 2 rings (SSSR count). The molecule has 17 heavy (non-hydrogen) atoms. The van der Waals surface area contributed by atoms with E-state index in [0.717, 1.165) is 10.0 Å². The van der Waals surface area contributed by atoms with E-state index in [1.165, 1.54) is 0 Å². The number of hydrogen-bond donors (Lipinski definition) is 2. The van der Waals surface area contributed by atoms with Crippen LogP contribution in [0.3, 0.4) is 0 Å². The van der Waals surface area contributed by atoms with Gasteiger partial charge >= 0.3 is 5.97 Å². The van der Waals surface area contributed by atoms with E-state index < -0.39 is 12.0 Å². The fourth-order valence-corrected chi connectivity index (χ4v) is 2.43. The number of carboxylic acids is 1. The third-order valence-electron chi connectivity index (χ3n) is 2.84. The van der Waals surface area contributed by atoms with Gasteiger partial charge in [0.2, 0.25) is 0 Å². The van der Waals surface area contributed by atoms with Crippen LogP contribution in [0.4, 0.5) is 0 Å². The van der Waals surface area contributed by atoms with Crippen molar-refractivity contribution in [2.75, 3.05) is 6.61 Å². The lowest BCUT2D eigenvalue weighted by molar-refractivity contribution is -0.145. The molecule has 0 radical (unpaired) electrons. The largest absolute Gasteiger partial charge is 0.480 e. The fourth-order valence-electron chi connectivity index (χ4n) is 2.01. The van der Waals surface area contributed by atoms with Gasteiger partial charge in [0.25, 0.3) is 0 Å². The van der Waals surface area contributed by atoms with Crippen LogP contribution >= 0.6 is 15.9 Å². The molecule has 1 aliphatic heterocycles. The van der Waals surface area contributed by atoms with Crippen molar-refractivity contribution in [2.24, 2.45) is 0 Å². The number of halogens is 1. The first-order valence-corrected chi connectivity index (χ1v) is 6.23. The molecule has 0 aromatic heterocycles. The van der Waals surface area contributed by atoms with Crippen molar-refractivity contribution in [2.45, 2.75) is 25.1 Å². The van der Waals surface area contributed by atoms with E-state index in [1.807, 2.05) is 31.2 Å². The van der Waals surface area contributed by atoms with Gasteiger partial charge in [-0.3, -0.25) is 10.1 Å². The van der Waals surface area contributed by atoms with Gasteiger partial charge in [-0.05, 0) is 24.6 Å². The van der Waals surface area contributed by atoms with Gasteiger partial charge in [0.1, 0.15) is 6.04 Å². The normalized spacial score (nSPS) is 28.9. The molecule has 3 atom stereocenters. The highest BCUT2D eigenvalue weighted by atomic mass is 79.9. The van der Waals surface area contributed by atoms with Gasteiger partial charge in [-0.1, -0.05) is 28.1 Å². The van der Waals surface area contributed by atoms with Gasteiger partial charge in [-0.2, -0.15) is 0 Å². The Bertz CT molecular complexity index is 424. The van der Waals surface area contributed by atoms with Gasteiger partial charge < -0.3 is 9.84 Å². The molecule has 0 bridgehead atoms. The van der Waals surface area contributed by atoms with E-state index in [-0.39, 0.29) is 18.8 Å². The molecule has 1 aromatic rings. The van der Waals surface area contributed by atoms with Crippen molar-refractivity contribution < 1.29 is 14.6 Å². The van der Waals surface area contributed by atoms with E-state index in [4.69, 9.17) is 9.84 Å². The third-order valence-corrected chi connectivity index (χ3v) is 3.33. The monoisotopic (exact) mass is 299 g/mol. The molecular formula is C12H14BrNO3. The molecular weight excluding hydrogens is 286 g/mol. The zero-order valence-electron chi connectivity index (χ0n) is 9.39. The van der Waals surface area contributed by atoms with Crippen LogP contribution < -0.4 is 5.32 Å². The second-order valence-electron chi connectivity index (χ2n) is 4.16. The summed E-state index contributed by atoms with van der Waals surface area (Å²) in [6.07, 6.45) is -0.108. The molecule has 1 saturated heterocycles. The molecule has 1 aliphatic rings. The Morgan fingerprint density at radius 3 is 2.94 bits per heavy atom. The Kier molecular flexibility index (Phi) is 3.81. The van der Waals surface area contributed by atoms with Gasteiger partial charge in [0.05, 0.1) is 12.7 Å². The van der Waals surface area contributed by atoms with Crippen molar-refractivity contribution in [1.82, 2.24) is 5.32 Å². The lowest BCUT2D eigenvalue weighted by Crippen LogP contribution is -2.52. The van der Waals surface area contributed by atoms with Crippen LogP contribution in [0.25, 0.3) is 0 Å². The summed E-state index contributed by atoms with van der Waals surface area (Å²) >= 11 is 3.41. The first kappa shape index (κ1) is 12.5. The molecule has 1 fully saturated rings. The Balaban J connectivity index is 2.12. The van der Waals surface area contributed by atoms with E-state index in [2.05, 4.69) is 21.2 Å². The summed E-state index contributed by atoms with van der Waals surface area (Å²) < 4.78 is 6.63. The van der Waals surface area contributed by atoms with E-state index in [1.54, 1.807) is 0 Å². The molecule has 1 aromatic carbocycles. The standard InChI is InChI=1S/C12H14BrNO3/c1-7-11(8-3-2-4-9(13)5-8)17-6-10(14-7)12(15)16/h2-5,7,10-11,14H,6H2,1H3,(H,15,16). The molecule has 92 valence electrons. The average Bonchev–Trinajstić information content (AvgIpc) is 2.28. The molecule has 4 nitrogen and oxygen atoms in total. The minimum Gasteiger partial charge on any atom is -0.480 e. The number of carbonyl (C=O) groups is 1. The number of rotatable bonds is 2. The first-order chi connectivity index (χ1) is 8.08. The maximum Gasteiger partial charge on any atom is 0.323 e. The maximum atomic E-state index is 10.8. The van der Waals surface area contributed by atoms with Crippen molar-refractivity contribution in [3.05, 3.63) is 34.3 Å². The highest BCUT2D eigenvalue weighted by Crippen LogP contribution is 2.27. The van der Waals surface area contributed by atoms with Crippen molar-refractivity contribution >= 4 is 21.9 Å². The molecule has 5 heteroatoms. The predicted molar refractivity (Wildman–Crippen MR) is 66.9 cm³/mol. The predicted octanol–water partition coefficient (Wildman–Crippen LogP) is 1.95. The zero-order chi connectivity index (χ0) is 12.4. The summed E-state index contributed by atoms with van der Waals surface area (Å²) in [5, 5.41) is 12.0. The molecule has 0 saturated carbocycles. The smallest absolute Gasteiger partial charge is 0.323 e. The molecule has 0 spiro atoms. The molecule has 2 N–H and O–H groups in total. The lowest BCUT2D eigenvalue weighted by Gasteiger charge is -2.34. The van der Waals surface area contributed by atoms with Crippen LogP contribution in [-0.2, 0) is 9.53 Å². The molecule has 0 amide bonds. The Labute approximate surface area is 108 Å². The summed E-state index contributed by atoms with van der Waals surface area (Å²) in [6.45, 7) is 2.12. The highest BCUT2D eigenvalue weighted by Gasteiger charge is 2.32. The Hall–Kier alpha value is -0.910. The Morgan fingerprint density at radius 1 is 1.59 bits per heavy atom. The van der Waals surface area contributed by atoms with E-state index in [9.17, 15) is 4.79 Å². The van der Waals surface area contributed by atoms with Crippen LogP contribution in [0.5, 0.6) is 0 Å². The van der Waals surface area contributed by atoms with E-state index >= 15 is 0 Å². The van der Waals surface area contributed by atoms with Gasteiger partial charge in [0, 0.05) is 10.5 Å². The molecule has 0 aliphatic carbocycles. The number of ether oxygens (including phenoxy) is 1. The second kappa shape index (κ2) is 5.16. The highest BCUT2D eigenvalue weighted by molar-refractivity contribution is 9.10. The summed E-state index contributed by atoms with van der Waals surface area (Å²) in [5.74, 6) is -0.871. The van der Waals surface area contributed by atoms with Crippen molar-refractivity contribution in [3.8, 4) is 0 Å². The first-order valence-electron chi connectivity index (χ1n) is 5.44. The number of nitrogens with one attached hydrogen (secondary N) is 1. The van der Waals surface area contributed by atoms with Crippen molar-refractivity contribution in [1.29, 1.82) is 0 Å². The molecule has 3 unspecified atom stereocenters. The maximum absolute atomic E-state index is 10.8. The van der Waals surface area contributed by atoms with Gasteiger partial charge in [-0.25, -0.2) is 0 Å². The van der Waals surface area contributed by atoms with Crippen LogP contribution in [0.1, 0.15) is 18.6 Å². The minimum atomic E-state index is -0.871. The Morgan fingerprint density at radius 2 is 2.35 bits per heavy atom. The fraction of sp³-hybridized carbons (Fsp3) is 0.417. The second-order valence-corrected chi connectivity index (χ2v) is 5.07. The molecule has 1 heterocycles. The number of aliphatic carboxylic acids is 1. The summed E-state index contributed by atoms with van der Waals surface area (Å²) in [4.78, 5) is 10.8. The number of carboxylic acid groups (broad SMARTS) is 1. The van der Waals surface area contributed by atoms with E-state index in [0.29, 0.717) is 0 Å². The minimum absolute atomic E-state index is 0.0286. The van der Waals surface area contributed by atoms with Crippen molar-refractivity contribution in [3.63, 3.8) is 0 Å². The zero-order valence-corrected chi connectivity index (χ0v) is 11.0. The number of benzene rings is 1. The van der Waals surface area contributed by atoms with Gasteiger partial charge in [-0.15, -0.1) is 0 Å².